The largest absolute Gasteiger partial charge is 0.357 e. The van der Waals surface area contributed by atoms with Crippen LogP contribution >= 0.6 is 0 Å². The first-order chi connectivity index (χ1) is 15.3. The zero-order valence-corrected chi connectivity index (χ0v) is 17.5. The zero-order valence-electron chi connectivity index (χ0n) is 17.5. The summed E-state index contributed by atoms with van der Waals surface area (Å²) < 4.78 is 40.0. The summed E-state index contributed by atoms with van der Waals surface area (Å²) in [6.45, 7) is 0.663. The second-order valence-corrected chi connectivity index (χ2v) is 7.71. The third-order valence-electron chi connectivity index (χ3n) is 5.49. The Hall–Kier alpha value is -3.36. The second kappa shape index (κ2) is 10.3. The molecule has 2 aromatic rings. The molecule has 0 aromatic heterocycles. The van der Waals surface area contributed by atoms with Crippen molar-refractivity contribution in [3.63, 3.8) is 0 Å². The van der Waals surface area contributed by atoms with Gasteiger partial charge in [-0.25, -0.2) is 13.2 Å². The summed E-state index contributed by atoms with van der Waals surface area (Å²) in [5.74, 6) is -4.34. The zero-order chi connectivity index (χ0) is 23.3. The fraction of sp³-hybridized carbons (Fsp3) is 0.348. The summed E-state index contributed by atoms with van der Waals surface area (Å²) in [6, 6.07) is 7.44. The lowest BCUT2D eigenvalue weighted by Gasteiger charge is -2.33. The molecular formula is C23H24F3N3O3. The van der Waals surface area contributed by atoms with E-state index in [1.807, 2.05) is 0 Å². The van der Waals surface area contributed by atoms with Gasteiger partial charge in [-0.3, -0.25) is 14.4 Å². The number of hydrogen-bond donors (Lipinski definition) is 2. The van der Waals surface area contributed by atoms with Crippen molar-refractivity contribution in [1.82, 2.24) is 15.5 Å². The van der Waals surface area contributed by atoms with E-state index in [1.165, 1.54) is 37.4 Å². The number of likely N-dealkylation sites (N-methyl/N-ethyl adjacent to an activating group) is 1. The standard InChI is InChI=1S/C23H24F3N3O3/c1-27-23(32)21(15-6-9-18(25)19(26)12-15)28-22(31)16-3-2-10-29(13-16)20(30)11-14-4-7-17(24)8-5-14/h4-9,12,16,21H,2-3,10-11,13H2,1H3,(H,27,32)(H,28,31). The van der Waals surface area contributed by atoms with E-state index in [2.05, 4.69) is 10.6 Å². The average molecular weight is 447 g/mol. The number of benzene rings is 2. The number of rotatable bonds is 6. The van der Waals surface area contributed by atoms with Crippen LogP contribution in [0.4, 0.5) is 13.2 Å². The molecule has 2 N–H and O–H groups in total. The van der Waals surface area contributed by atoms with E-state index < -0.39 is 35.4 Å². The monoisotopic (exact) mass is 447 g/mol. The Labute approximate surface area is 183 Å². The summed E-state index contributed by atoms with van der Waals surface area (Å²) in [7, 11) is 1.37. The van der Waals surface area contributed by atoms with Gasteiger partial charge >= 0.3 is 0 Å². The van der Waals surface area contributed by atoms with Crippen LogP contribution in [0.1, 0.15) is 30.0 Å². The summed E-state index contributed by atoms with van der Waals surface area (Å²) in [6.07, 6.45) is 1.21. The number of halogens is 3. The maximum absolute atomic E-state index is 13.7. The van der Waals surface area contributed by atoms with E-state index in [0.29, 0.717) is 24.9 Å². The quantitative estimate of drug-likeness (QED) is 0.714. The molecule has 0 spiro atoms. The van der Waals surface area contributed by atoms with Crippen LogP contribution < -0.4 is 10.6 Å². The molecule has 1 saturated heterocycles. The highest BCUT2D eigenvalue weighted by molar-refractivity contribution is 5.89. The molecule has 0 aliphatic carbocycles. The molecule has 1 aliphatic rings. The van der Waals surface area contributed by atoms with Gasteiger partial charge in [0.25, 0.3) is 0 Å². The van der Waals surface area contributed by atoms with Crippen LogP contribution in [-0.2, 0) is 20.8 Å². The van der Waals surface area contributed by atoms with Crippen molar-refractivity contribution in [2.75, 3.05) is 20.1 Å². The van der Waals surface area contributed by atoms with Gasteiger partial charge in [-0.2, -0.15) is 0 Å². The first-order valence-electron chi connectivity index (χ1n) is 10.3. The van der Waals surface area contributed by atoms with Gasteiger partial charge in [0.15, 0.2) is 11.6 Å². The maximum Gasteiger partial charge on any atom is 0.246 e. The van der Waals surface area contributed by atoms with Gasteiger partial charge in [-0.05, 0) is 48.2 Å². The Balaban J connectivity index is 1.67. The molecule has 1 heterocycles. The molecule has 170 valence electrons. The SMILES string of the molecule is CNC(=O)C(NC(=O)C1CCCN(C(=O)Cc2ccc(F)cc2)C1)c1ccc(F)c(F)c1. The number of carbonyl (C=O) groups excluding carboxylic acids is 3. The Morgan fingerprint density at radius 3 is 2.44 bits per heavy atom. The summed E-state index contributed by atoms with van der Waals surface area (Å²) in [5.41, 5.74) is 0.776. The van der Waals surface area contributed by atoms with Gasteiger partial charge in [-0.15, -0.1) is 0 Å². The van der Waals surface area contributed by atoms with Crippen molar-refractivity contribution in [2.45, 2.75) is 25.3 Å². The molecule has 3 rings (SSSR count). The predicted molar refractivity (Wildman–Crippen MR) is 111 cm³/mol. The summed E-state index contributed by atoms with van der Waals surface area (Å²) in [4.78, 5) is 39.4. The molecule has 6 nitrogen and oxygen atoms in total. The van der Waals surface area contributed by atoms with Crippen molar-refractivity contribution in [3.05, 3.63) is 71.0 Å². The van der Waals surface area contributed by atoms with Crippen molar-refractivity contribution >= 4 is 17.7 Å². The highest BCUT2D eigenvalue weighted by Crippen LogP contribution is 2.21. The van der Waals surface area contributed by atoms with Crippen LogP contribution in [0, 0.1) is 23.4 Å². The highest BCUT2D eigenvalue weighted by atomic mass is 19.2. The molecule has 9 heteroatoms. The van der Waals surface area contributed by atoms with Gasteiger partial charge in [0, 0.05) is 20.1 Å². The summed E-state index contributed by atoms with van der Waals surface area (Å²) >= 11 is 0. The molecule has 0 saturated carbocycles. The smallest absolute Gasteiger partial charge is 0.246 e. The molecule has 1 fully saturated rings. The lowest BCUT2D eigenvalue weighted by Crippen LogP contribution is -2.48. The van der Waals surface area contributed by atoms with Crippen LogP contribution in [0.3, 0.4) is 0 Å². The second-order valence-electron chi connectivity index (χ2n) is 7.71. The Morgan fingerprint density at radius 2 is 1.78 bits per heavy atom. The number of amides is 3. The minimum absolute atomic E-state index is 0.0876. The normalized spacial score (nSPS) is 16.9. The molecule has 0 bridgehead atoms. The average Bonchev–Trinajstić information content (AvgIpc) is 2.80. The molecule has 2 atom stereocenters. The number of piperidine rings is 1. The van der Waals surface area contributed by atoms with E-state index in [4.69, 9.17) is 0 Å². The third kappa shape index (κ3) is 5.66. The number of likely N-dealkylation sites (tertiary alicyclic amines) is 1. The topological polar surface area (TPSA) is 78.5 Å². The Kier molecular flexibility index (Phi) is 7.50. The first-order valence-corrected chi connectivity index (χ1v) is 10.3. The highest BCUT2D eigenvalue weighted by Gasteiger charge is 2.31. The third-order valence-corrected chi connectivity index (χ3v) is 5.49. The van der Waals surface area contributed by atoms with Gasteiger partial charge in [0.1, 0.15) is 11.9 Å². The van der Waals surface area contributed by atoms with Crippen molar-refractivity contribution in [1.29, 1.82) is 0 Å². The van der Waals surface area contributed by atoms with Crippen LogP contribution in [0.25, 0.3) is 0 Å². The van der Waals surface area contributed by atoms with E-state index in [1.54, 1.807) is 4.90 Å². The predicted octanol–water partition coefficient (Wildman–Crippen LogP) is 2.49. The lowest BCUT2D eigenvalue weighted by molar-refractivity contribution is -0.137. The van der Waals surface area contributed by atoms with E-state index in [-0.39, 0.29) is 30.3 Å². The van der Waals surface area contributed by atoms with Crippen LogP contribution in [-0.4, -0.2) is 42.8 Å². The molecule has 2 unspecified atom stereocenters. The van der Waals surface area contributed by atoms with Crippen molar-refractivity contribution in [2.24, 2.45) is 5.92 Å². The fourth-order valence-corrected chi connectivity index (χ4v) is 3.70. The first kappa shape index (κ1) is 23.3. The molecule has 3 amide bonds. The van der Waals surface area contributed by atoms with Crippen LogP contribution in [0.15, 0.2) is 42.5 Å². The van der Waals surface area contributed by atoms with Gasteiger partial charge in [0.2, 0.25) is 17.7 Å². The van der Waals surface area contributed by atoms with Gasteiger partial charge < -0.3 is 15.5 Å². The van der Waals surface area contributed by atoms with Crippen molar-refractivity contribution < 1.29 is 27.6 Å². The van der Waals surface area contributed by atoms with Gasteiger partial charge in [-0.1, -0.05) is 18.2 Å². The molecule has 2 aromatic carbocycles. The number of hydrogen-bond acceptors (Lipinski definition) is 3. The maximum atomic E-state index is 13.7. The molecular weight excluding hydrogens is 423 g/mol. The minimum atomic E-state index is -1.20. The Bertz CT molecular complexity index is 998. The fourth-order valence-electron chi connectivity index (χ4n) is 3.70. The molecule has 0 radical (unpaired) electrons. The molecule has 32 heavy (non-hydrogen) atoms. The van der Waals surface area contributed by atoms with Crippen molar-refractivity contribution in [3.8, 4) is 0 Å². The van der Waals surface area contributed by atoms with E-state index in [9.17, 15) is 27.6 Å². The number of nitrogens with zero attached hydrogens (tertiary/aromatic N) is 1. The van der Waals surface area contributed by atoms with E-state index >= 15 is 0 Å². The number of carbonyl (C=O) groups is 3. The minimum Gasteiger partial charge on any atom is -0.357 e. The molecule has 1 aliphatic heterocycles. The Morgan fingerprint density at radius 1 is 1.06 bits per heavy atom. The lowest BCUT2D eigenvalue weighted by atomic mass is 9.95. The van der Waals surface area contributed by atoms with E-state index in [0.717, 1.165) is 12.1 Å². The number of nitrogens with one attached hydrogen (secondary N) is 2. The van der Waals surface area contributed by atoms with Gasteiger partial charge in [0.05, 0.1) is 12.3 Å². The van der Waals surface area contributed by atoms with Crippen LogP contribution in [0.5, 0.6) is 0 Å². The summed E-state index contributed by atoms with van der Waals surface area (Å²) in [5, 5.41) is 5.00. The van der Waals surface area contributed by atoms with Crippen LogP contribution in [0.2, 0.25) is 0 Å².